The molecule has 1 spiro atoms. The lowest BCUT2D eigenvalue weighted by molar-refractivity contribution is 0.218. The zero-order chi connectivity index (χ0) is 16.7. The highest BCUT2D eigenvalue weighted by atomic mass is 35.5. The topological polar surface area (TPSA) is 49.4 Å². The summed E-state index contributed by atoms with van der Waals surface area (Å²) in [7, 11) is -3.52. The minimum absolute atomic E-state index is 0. The van der Waals surface area contributed by atoms with Crippen LogP contribution in [0.5, 0.6) is 0 Å². The Balaban J connectivity index is 0.00000208. The Hall–Kier alpha value is -0.330. The molecule has 2 aliphatic rings. The monoisotopic (exact) mass is 392 g/mol. The quantitative estimate of drug-likeness (QED) is 0.853. The first-order valence-corrected chi connectivity index (χ1v) is 10.2. The van der Waals surface area contributed by atoms with E-state index in [1.807, 2.05) is 6.07 Å². The van der Waals surface area contributed by atoms with Gasteiger partial charge in [-0.25, -0.2) is 8.42 Å². The molecule has 1 aromatic rings. The second-order valence-corrected chi connectivity index (χ2v) is 9.50. The average Bonchev–Trinajstić information content (AvgIpc) is 2.92. The van der Waals surface area contributed by atoms with E-state index in [2.05, 4.69) is 19.2 Å². The second-order valence-electron chi connectivity index (χ2n) is 7.18. The van der Waals surface area contributed by atoms with Crippen LogP contribution in [-0.4, -0.2) is 38.9 Å². The summed E-state index contributed by atoms with van der Waals surface area (Å²) >= 11 is 6.23. The minimum Gasteiger partial charge on any atom is -0.317 e. The van der Waals surface area contributed by atoms with Gasteiger partial charge in [0, 0.05) is 13.1 Å². The van der Waals surface area contributed by atoms with E-state index in [1.165, 1.54) is 0 Å². The van der Waals surface area contributed by atoms with E-state index in [-0.39, 0.29) is 28.6 Å². The Bertz CT molecular complexity index is 686. The van der Waals surface area contributed by atoms with Crippen molar-refractivity contribution in [3.63, 3.8) is 0 Å². The van der Waals surface area contributed by atoms with Crippen LogP contribution in [0.15, 0.2) is 23.1 Å². The van der Waals surface area contributed by atoms with Crippen molar-refractivity contribution in [1.82, 2.24) is 9.62 Å². The molecule has 0 amide bonds. The lowest BCUT2D eigenvalue weighted by Crippen LogP contribution is -2.39. The molecule has 0 bridgehead atoms. The van der Waals surface area contributed by atoms with Gasteiger partial charge in [0.25, 0.3) is 0 Å². The molecule has 2 saturated heterocycles. The highest BCUT2D eigenvalue weighted by Crippen LogP contribution is 2.41. The highest BCUT2D eigenvalue weighted by Gasteiger charge is 2.43. The summed E-state index contributed by atoms with van der Waals surface area (Å²) < 4.78 is 27.8. The first-order valence-electron chi connectivity index (χ1n) is 8.34. The highest BCUT2D eigenvalue weighted by molar-refractivity contribution is 7.89. The second kappa shape index (κ2) is 7.50. The molecular weight excluding hydrogens is 367 g/mol. The summed E-state index contributed by atoms with van der Waals surface area (Å²) in [5.74, 6) is 0.274. The van der Waals surface area contributed by atoms with E-state index < -0.39 is 10.0 Å². The summed E-state index contributed by atoms with van der Waals surface area (Å²) in [6, 6.07) is 5.36. The van der Waals surface area contributed by atoms with Crippen LogP contribution in [0.4, 0.5) is 0 Å². The lowest BCUT2D eigenvalue weighted by Gasteiger charge is -2.33. The number of nitrogens with zero attached hydrogens (tertiary/aromatic N) is 1. The van der Waals surface area contributed by atoms with Crippen molar-refractivity contribution in [3.05, 3.63) is 28.8 Å². The van der Waals surface area contributed by atoms with Gasteiger partial charge in [0.15, 0.2) is 0 Å². The molecule has 24 heavy (non-hydrogen) atoms. The molecule has 2 aliphatic heterocycles. The molecule has 0 unspecified atom stereocenters. The molecule has 136 valence electrons. The molecular formula is C17H26Cl2N2O2S. The molecule has 0 aromatic heterocycles. The Morgan fingerprint density at radius 3 is 2.50 bits per heavy atom. The lowest BCUT2D eigenvalue weighted by atomic mass is 9.78. The van der Waals surface area contributed by atoms with Crippen molar-refractivity contribution in [2.24, 2.45) is 5.41 Å². The van der Waals surface area contributed by atoms with Crippen molar-refractivity contribution >= 4 is 34.0 Å². The van der Waals surface area contributed by atoms with Crippen LogP contribution >= 0.6 is 24.0 Å². The maximum Gasteiger partial charge on any atom is 0.244 e. The Morgan fingerprint density at radius 1 is 1.21 bits per heavy atom. The van der Waals surface area contributed by atoms with Crippen LogP contribution in [0.25, 0.3) is 0 Å². The predicted molar refractivity (Wildman–Crippen MR) is 101 cm³/mol. The van der Waals surface area contributed by atoms with E-state index >= 15 is 0 Å². The number of benzene rings is 1. The van der Waals surface area contributed by atoms with Crippen molar-refractivity contribution in [3.8, 4) is 0 Å². The van der Waals surface area contributed by atoms with Crippen LogP contribution in [0, 0.1) is 5.41 Å². The van der Waals surface area contributed by atoms with Gasteiger partial charge in [-0.2, -0.15) is 4.31 Å². The van der Waals surface area contributed by atoms with Gasteiger partial charge < -0.3 is 5.32 Å². The molecule has 0 saturated carbocycles. The predicted octanol–water partition coefficient (Wildman–Crippen LogP) is 3.65. The standard InChI is InChI=1S/C17H25ClN2O2S.ClH/c1-13(2)14-3-4-15(18)16(11-14)23(21,22)20-10-7-17(12-20)5-8-19-9-6-17;/h3-4,11,13,19H,5-10,12H2,1-2H3;1H. The van der Waals surface area contributed by atoms with Gasteiger partial charge >= 0.3 is 0 Å². The number of hydrogen-bond donors (Lipinski definition) is 1. The molecule has 1 N–H and O–H groups in total. The van der Waals surface area contributed by atoms with Crippen molar-refractivity contribution in [1.29, 1.82) is 0 Å². The molecule has 0 atom stereocenters. The van der Waals surface area contributed by atoms with Crippen LogP contribution in [0.2, 0.25) is 5.02 Å². The maximum atomic E-state index is 13.1. The number of halogens is 2. The summed E-state index contributed by atoms with van der Waals surface area (Å²) in [6.07, 6.45) is 3.06. The molecule has 4 nitrogen and oxygen atoms in total. The van der Waals surface area contributed by atoms with Crippen molar-refractivity contribution in [2.75, 3.05) is 26.2 Å². The van der Waals surface area contributed by atoms with E-state index in [0.717, 1.165) is 37.9 Å². The minimum atomic E-state index is -3.52. The number of piperidine rings is 1. The molecule has 0 aliphatic carbocycles. The third-order valence-corrected chi connectivity index (χ3v) is 7.63. The average molecular weight is 393 g/mol. The third-order valence-electron chi connectivity index (χ3n) is 5.31. The summed E-state index contributed by atoms with van der Waals surface area (Å²) in [5, 5.41) is 3.68. The third kappa shape index (κ3) is 3.75. The molecule has 2 heterocycles. The molecule has 1 aromatic carbocycles. The first kappa shape index (κ1) is 20.0. The number of rotatable bonds is 3. The van der Waals surface area contributed by atoms with Gasteiger partial charge in [-0.15, -0.1) is 12.4 Å². The number of hydrogen-bond acceptors (Lipinski definition) is 3. The first-order chi connectivity index (χ1) is 10.8. The van der Waals surface area contributed by atoms with Gasteiger partial charge in [-0.05, 0) is 61.4 Å². The summed E-state index contributed by atoms with van der Waals surface area (Å²) in [4.78, 5) is 0.261. The van der Waals surface area contributed by atoms with Crippen molar-refractivity contribution in [2.45, 2.75) is 43.9 Å². The fraction of sp³-hybridized carbons (Fsp3) is 0.647. The molecule has 2 fully saturated rings. The Kier molecular flexibility index (Phi) is 6.25. The SMILES string of the molecule is CC(C)c1ccc(Cl)c(S(=O)(=O)N2CCC3(CCNCC3)C2)c1.Cl. The number of sulfonamides is 1. The van der Waals surface area contributed by atoms with Gasteiger partial charge in [0.1, 0.15) is 4.90 Å². The van der Waals surface area contributed by atoms with Crippen LogP contribution < -0.4 is 5.32 Å². The summed E-state index contributed by atoms with van der Waals surface area (Å²) in [6.45, 7) is 7.30. The summed E-state index contributed by atoms with van der Waals surface area (Å²) in [5.41, 5.74) is 1.16. The smallest absolute Gasteiger partial charge is 0.244 e. The number of nitrogens with one attached hydrogen (secondary N) is 1. The van der Waals surface area contributed by atoms with E-state index in [9.17, 15) is 8.42 Å². The van der Waals surface area contributed by atoms with Gasteiger partial charge in [-0.1, -0.05) is 31.5 Å². The molecule has 7 heteroatoms. The fourth-order valence-electron chi connectivity index (χ4n) is 3.68. The van der Waals surface area contributed by atoms with Crippen LogP contribution in [-0.2, 0) is 10.0 Å². The van der Waals surface area contributed by atoms with E-state index in [0.29, 0.717) is 18.1 Å². The molecule has 0 radical (unpaired) electrons. The Morgan fingerprint density at radius 2 is 1.88 bits per heavy atom. The van der Waals surface area contributed by atoms with Gasteiger partial charge in [0.05, 0.1) is 5.02 Å². The largest absolute Gasteiger partial charge is 0.317 e. The zero-order valence-corrected chi connectivity index (χ0v) is 16.6. The zero-order valence-electron chi connectivity index (χ0n) is 14.2. The molecule has 3 rings (SSSR count). The van der Waals surface area contributed by atoms with E-state index in [1.54, 1.807) is 16.4 Å². The fourth-order valence-corrected chi connectivity index (χ4v) is 5.74. The van der Waals surface area contributed by atoms with E-state index in [4.69, 9.17) is 11.6 Å². The van der Waals surface area contributed by atoms with Crippen LogP contribution in [0.3, 0.4) is 0 Å². The maximum absolute atomic E-state index is 13.1. The normalized spacial score (nSPS) is 21.2. The van der Waals surface area contributed by atoms with Gasteiger partial charge in [-0.3, -0.25) is 0 Å². The van der Waals surface area contributed by atoms with Crippen molar-refractivity contribution < 1.29 is 8.42 Å². The van der Waals surface area contributed by atoms with Gasteiger partial charge in [0.2, 0.25) is 10.0 Å². The Labute approximate surface area is 156 Å². The van der Waals surface area contributed by atoms with Crippen LogP contribution in [0.1, 0.15) is 44.6 Å².